The van der Waals surface area contributed by atoms with Gasteiger partial charge < -0.3 is 20.9 Å². The first-order valence-electron chi connectivity index (χ1n) is 5.04. The van der Waals surface area contributed by atoms with E-state index in [4.69, 9.17) is 20.9 Å². The fourth-order valence-corrected chi connectivity index (χ4v) is 1.69. The van der Waals surface area contributed by atoms with Crippen molar-refractivity contribution in [1.29, 1.82) is 0 Å². The van der Waals surface area contributed by atoms with Gasteiger partial charge in [-0.2, -0.15) is 0 Å². The van der Waals surface area contributed by atoms with Crippen LogP contribution in [0, 0.1) is 6.92 Å². The van der Waals surface area contributed by atoms with Crippen molar-refractivity contribution >= 4 is 5.91 Å². The van der Waals surface area contributed by atoms with Gasteiger partial charge in [-0.15, -0.1) is 0 Å². The zero-order valence-corrected chi connectivity index (χ0v) is 9.03. The number of primary amides is 1. The second-order valence-corrected chi connectivity index (χ2v) is 3.73. The number of hydrogen-bond acceptors (Lipinski definition) is 4. The molecule has 1 atom stereocenters. The molecule has 4 N–H and O–H groups in total. The van der Waals surface area contributed by atoms with E-state index >= 15 is 0 Å². The maximum absolute atomic E-state index is 11.0. The van der Waals surface area contributed by atoms with Crippen LogP contribution in [0.1, 0.15) is 17.2 Å². The predicted molar refractivity (Wildman–Crippen MR) is 58.3 cm³/mol. The highest BCUT2D eigenvalue weighted by Crippen LogP contribution is 2.34. The van der Waals surface area contributed by atoms with Crippen LogP contribution in [-0.4, -0.2) is 19.1 Å². The number of hydrogen-bond donors (Lipinski definition) is 2. The topological polar surface area (TPSA) is 87.6 Å². The van der Waals surface area contributed by atoms with E-state index in [1.807, 2.05) is 13.0 Å². The molecule has 2 rings (SSSR count). The third kappa shape index (κ3) is 1.81. The van der Waals surface area contributed by atoms with Gasteiger partial charge in [-0.3, -0.25) is 4.79 Å². The van der Waals surface area contributed by atoms with Crippen LogP contribution in [0.2, 0.25) is 0 Å². The minimum Gasteiger partial charge on any atom is -0.486 e. The molecule has 1 aromatic carbocycles. The molecule has 0 spiro atoms. The van der Waals surface area contributed by atoms with Crippen molar-refractivity contribution in [3.8, 4) is 11.5 Å². The standard InChI is InChI=1S/C11H14N2O3/c1-6-4-8-9(16-3-2-15-8)5-7(6)10(12)11(13)14/h4-5,10H,2-3,12H2,1H3,(H2,13,14). The van der Waals surface area contributed by atoms with E-state index in [9.17, 15) is 4.79 Å². The summed E-state index contributed by atoms with van der Waals surface area (Å²) in [6.07, 6.45) is 0. The lowest BCUT2D eigenvalue weighted by atomic mass is 10.0. The van der Waals surface area contributed by atoms with Gasteiger partial charge in [-0.1, -0.05) is 0 Å². The van der Waals surface area contributed by atoms with Gasteiger partial charge in [0.15, 0.2) is 11.5 Å². The Kier molecular flexibility index (Phi) is 2.70. The van der Waals surface area contributed by atoms with Crippen LogP contribution in [0.15, 0.2) is 12.1 Å². The molecular formula is C11H14N2O3. The van der Waals surface area contributed by atoms with E-state index in [0.29, 0.717) is 30.3 Å². The van der Waals surface area contributed by atoms with Gasteiger partial charge in [-0.05, 0) is 30.2 Å². The Hall–Kier alpha value is -1.75. The third-order valence-electron chi connectivity index (χ3n) is 2.57. The van der Waals surface area contributed by atoms with Crippen molar-refractivity contribution < 1.29 is 14.3 Å². The number of nitrogens with two attached hydrogens (primary N) is 2. The van der Waals surface area contributed by atoms with Crippen LogP contribution in [0.4, 0.5) is 0 Å². The summed E-state index contributed by atoms with van der Waals surface area (Å²) >= 11 is 0. The molecule has 0 saturated carbocycles. The van der Waals surface area contributed by atoms with Gasteiger partial charge in [0.2, 0.25) is 5.91 Å². The number of aryl methyl sites for hydroxylation is 1. The van der Waals surface area contributed by atoms with Crippen molar-refractivity contribution in [1.82, 2.24) is 0 Å². The molecule has 0 aromatic heterocycles. The molecule has 1 aliphatic rings. The molecule has 1 aliphatic heterocycles. The zero-order valence-electron chi connectivity index (χ0n) is 9.03. The second-order valence-electron chi connectivity index (χ2n) is 3.73. The average Bonchev–Trinajstić information content (AvgIpc) is 2.27. The van der Waals surface area contributed by atoms with Crippen LogP contribution in [0.3, 0.4) is 0 Å². The Bertz CT molecular complexity index is 431. The quantitative estimate of drug-likeness (QED) is 0.750. The molecule has 5 nitrogen and oxygen atoms in total. The second kappa shape index (κ2) is 4.02. The number of amides is 1. The lowest BCUT2D eigenvalue weighted by Gasteiger charge is -2.21. The highest BCUT2D eigenvalue weighted by atomic mass is 16.6. The van der Waals surface area contributed by atoms with Gasteiger partial charge in [-0.25, -0.2) is 0 Å². The molecule has 1 unspecified atom stereocenters. The summed E-state index contributed by atoms with van der Waals surface area (Å²) in [5, 5.41) is 0. The summed E-state index contributed by atoms with van der Waals surface area (Å²) in [7, 11) is 0. The van der Waals surface area contributed by atoms with Gasteiger partial charge in [0.1, 0.15) is 19.3 Å². The van der Waals surface area contributed by atoms with E-state index in [-0.39, 0.29) is 0 Å². The van der Waals surface area contributed by atoms with E-state index in [1.165, 1.54) is 0 Å². The molecule has 0 saturated heterocycles. The highest BCUT2D eigenvalue weighted by molar-refractivity contribution is 5.82. The Labute approximate surface area is 93.3 Å². The molecular weight excluding hydrogens is 208 g/mol. The van der Waals surface area contributed by atoms with Gasteiger partial charge >= 0.3 is 0 Å². The van der Waals surface area contributed by atoms with E-state index in [2.05, 4.69) is 0 Å². The van der Waals surface area contributed by atoms with Crippen molar-refractivity contribution in [2.24, 2.45) is 11.5 Å². The number of rotatable bonds is 2. The van der Waals surface area contributed by atoms with Crippen molar-refractivity contribution in [3.63, 3.8) is 0 Å². The number of carbonyl (C=O) groups is 1. The maximum atomic E-state index is 11.0. The molecule has 1 heterocycles. The average molecular weight is 222 g/mol. The molecule has 5 heteroatoms. The Morgan fingerprint density at radius 1 is 1.31 bits per heavy atom. The molecule has 1 amide bonds. The van der Waals surface area contributed by atoms with Crippen molar-refractivity contribution in [2.45, 2.75) is 13.0 Å². The largest absolute Gasteiger partial charge is 0.486 e. The summed E-state index contributed by atoms with van der Waals surface area (Å²) in [5.74, 6) is 0.743. The fraction of sp³-hybridized carbons (Fsp3) is 0.364. The van der Waals surface area contributed by atoms with Crippen LogP contribution >= 0.6 is 0 Å². The lowest BCUT2D eigenvalue weighted by molar-refractivity contribution is -0.119. The van der Waals surface area contributed by atoms with Crippen molar-refractivity contribution in [3.05, 3.63) is 23.3 Å². The minimum atomic E-state index is -0.809. The molecule has 0 radical (unpaired) electrons. The van der Waals surface area contributed by atoms with Crippen molar-refractivity contribution in [2.75, 3.05) is 13.2 Å². The summed E-state index contributed by atoms with van der Waals surface area (Å²) in [6.45, 7) is 2.89. The fourth-order valence-electron chi connectivity index (χ4n) is 1.69. The number of benzene rings is 1. The summed E-state index contributed by atoms with van der Waals surface area (Å²) in [6, 6.07) is 2.72. The van der Waals surface area contributed by atoms with Gasteiger partial charge in [0.25, 0.3) is 0 Å². The number of fused-ring (bicyclic) bond motifs is 1. The number of ether oxygens (including phenoxy) is 2. The maximum Gasteiger partial charge on any atom is 0.238 e. The van der Waals surface area contributed by atoms with Crippen LogP contribution in [-0.2, 0) is 4.79 Å². The smallest absolute Gasteiger partial charge is 0.238 e. The first kappa shape index (κ1) is 10.8. The molecule has 0 aliphatic carbocycles. The Morgan fingerprint density at radius 3 is 2.44 bits per heavy atom. The highest BCUT2D eigenvalue weighted by Gasteiger charge is 2.20. The summed E-state index contributed by atoms with van der Waals surface area (Å²) < 4.78 is 10.8. The van der Waals surface area contributed by atoms with Crippen LogP contribution in [0.25, 0.3) is 0 Å². The van der Waals surface area contributed by atoms with E-state index < -0.39 is 11.9 Å². The SMILES string of the molecule is Cc1cc2c(cc1C(N)C(N)=O)OCCO2. The van der Waals surface area contributed by atoms with Gasteiger partial charge in [0, 0.05) is 0 Å². The van der Waals surface area contributed by atoms with E-state index in [1.54, 1.807) is 6.07 Å². The minimum absolute atomic E-state index is 0.501. The first-order chi connectivity index (χ1) is 7.59. The Balaban J connectivity index is 2.43. The van der Waals surface area contributed by atoms with E-state index in [0.717, 1.165) is 5.56 Å². The molecule has 1 aromatic rings. The molecule has 0 bridgehead atoms. The third-order valence-corrected chi connectivity index (χ3v) is 2.57. The van der Waals surface area contributed by atoms with Crippen LogP contribution < -0.4 is 20.9 Å². The van der Waals surface area contributed by atoms with Gasteiger partial charge in [0.05, 0.1) is 0 Å². The number of carbonyl (C=O) groups excluding carboxylic acids is 1. The zero-order chi connectivity index (χ0) is 11.7. The monoisotopic (exact) mass is 222 g/mol. The predicted octanol–water partition coefficient (Wildman–Crippen LogP) is 0.251. The first-order valence-corrected chi connectivity index (χ1v) is 5.04. The molecule has 0 fully saturated rings. The summed E-state index contributed by atoms with van der Waals surface area (Å²) in [5.41, 5.74) is 12.4. The lowest BCUT2D eigenvalue weighted by Crippen LogP contribution is -2.29. The summed E-state index contributed by atoms with van der Waals surface area (Å²) in [4.78, 5) is 11.0. The Morgan fingerprint density at radius 2 is 1.88 bits per heavy atom. The normalized spacial score (nSPS) is 15.6. The molecule has 16 heavy (non-hydrogen) atoms. The van der Waals surface area contributed by atoms with Crippen LogP contribution in [0.5, 0.6) is 11.5 Å². The molecule has 86 valence electrons.